The highest BCUT2D eigenvalue weighted by molar-refractivity contribution is 6.11. The van der Waals surface area contributed by atoms with Gasteiger partial charge < -0.3 is 0 Å². The maximum Gasteiger partial charge on any atom is 0.145 e. The van der Waals surface area contributed by atoms with Crippen LogP contribution in [0, 0.1) is 6.92 Å². The molecule has 0 amide bonds. The van der Waals surface area contributed by atoms with Crippen LogP contribution >= 0.6 is 0 Å². The standard InChI is InChI=1S/C16H12N2/c1-11-6-7-15-14(10-11)12-4-2-3-5-13(12)16-17-8-9-18(15)16/h2-10H,1H3. The first kappa shape index (κ1) is 9.66. The highest BCUT2D eigenvalue weighted by Crippen LogP contribution is 2.29. The lowest BCUT2D eigenvalue weighted by Crippen LogP contribution is -1.90. The molecule has 86 valence electrons. The molecule has 0 N–H and O–H groups in total. The molecule has 0 saturated carbocycles. The van der Waals surface area contributed by atoms with Crippen LogP contribution in [0.25, 0.3) is 27.3 Å². The highest BCUT2D eigenvalue weighted by atomic mass is 15.0. The molecular weight excluding hydrogens is 220 g/mol. The topological polar surface area (TPSA) is 17.3 Å². The van der Waals surface area contributed by atoms with Gasteiger partial charge in [0.25, 0.3) is 0 Å². The van der Waals surface area contributed by atoms with E-state index in [9.17, 15) is 0 Å². The van der Waals surface area contributed by atoms with Gasteiger partial charge >= 0.3 is 0 Å². The van der Waals surface area contributed by atoms with Crippen LogP contribution in [0.1, 0.15) is 5.56 Å². The Morgan fingerprint density at radius 2 is 1.78 bits per heavy atom. The van der Waals surface area contributed by atoms with Crippen LogP contribution in [0.15, 0.2) is 54.9 Å². The average molecular weight is 232 g/mol. The molecule has 18 heavy (non-hydrogen) atoms. The summed E-state index contributed by atoms with van der Waals surface area (Å²) in [6.07, 6.45) is 3.89. The van der Waals surface area contributed by atoms with Crippen LogP contribution < -0.4 is 0 Å². The van der Waals surface area contributed by atoms with Crippen molar-refractivity contribution in [2.24, 2.45) is 0 Å². The molecule has 0 spiro atoms. The van der Waals surface area contributed by atoms with Crippen molar-refractivity contribution < 1.29 is 0 Å². The van der Waals surface area contributed by atoms with E-state index in [0.717, 1.165) is 5.65 Å². The van der Waals surface area contributed by atoms with E-state index in [4.69, 9.17) is 0 Å². The predicted octanol–water partition coefficient (Wildman–Crippen LogP) is 3.95. The molecule has 4 aromatic rings. The molecule has 0 saturated heterocycles. The Balaban J connectivity index is 2.44. The van der Waals surface area contributed by atoms with Gasteiger partial charge in [0.1, 0.15) is 5.65 Å². The van der Waals surface area contributed by atoms with Gasteiger partial charge in [-0.1, -0.05) is 35.9 Å². The zero-order valence-electron chi connectivity index (χ0n) is 10.1. The quantitative estimate of drug-likeness (QED) is 0.420. The lowest BCUT2D eigenvalue weighted by atomic mass is 10.0. The van der Waals surface area contributed by atoms with Crippen molar-refractivity contribution in [1.82, 2.24) is 9.38 Å². The SMILES string of the molecule is Cc1ccc2c(c1)c1ccccc1c1nccn21. The number of rotatable bonds is 0. The summed E-state index contributed by atoms with van der Waals surface area (Å²) >= 11 is 0. The second kappa shape index (κ2) is 3.33. The molecule has 0 aliphatic heterocycles. The highest BCUT2D eigenvalue weighted by Gasteiger charge is 2.08. The van der Waals surface area contributed by atoms with Crippen LogP contribution in [0.5, 0.6) is 0 Å². The van der Waals surface area contributed by atoms with Gasteiger partial charge in [0, 0.05) is 23.2 Å². The first-order valence-electron chi connectivity index (χ1n) is 6.09. The van der Waals surface area contributed by atoms with Gasteiger partial charge in [0.2, 0.25) is 0 Å². The number of imidazole rings is 1. The third-order valence-corrected chi connectivity index (χ3v) is 3.51. The van der Waals surface area contributed by atoms with Gasteiger partial charge in [-0.15, -0.1) is 0 Å². The van der Waals surface area contributed by atoms with E-state index in [1.165, 1.54) is 27.2 Å². The maximum atomic E-state index is 4.48. The molecule has 2 nitrogen and oxygen atoms in total. The summed E-state index contributed by atoms with van der Waals surface area (Å²) in [5.41, 5.74) is 3.53. The fraction of sp³-hybridized carbons (Fsp3) is 0.0625. The molecule has 0 bridgehead atoms. The number of nitrogens with zero attached hydrogens (tertiary/aromatic N) is 2. The van der Waals surface area contributed by atoms with Crippen molar-refractivity contribution in [2.75, 3.05) is 0 Å². The van der Waals surface area contributed by atoms with Gasteiger partial charge in [-0.05, 0) is 24.4 Å². The third-order valence-electron chi connectivity index (χ3n) is 3.51. The number of hydrogen-bond acceptors (Lipinski definition) is 1. The summed E-state index contributed by atoms with van der Waals surface area (Å²) in [6, 6.07) is 15.0. The average Bonchev–Trinajstić information content (AvgIpc) is 2.88. The van der Waals surface area contributed by atoms with Crippen LogP contribution in [0.3, 0.4) is 0 Å². The van der Waals surface area contributed by atoms with E-state index >= 15 is 0 Å². The largest absolute Gasteiger partial charge is 0.299 e. The summed E-state index contributed by atoms with van der Waals surface area (Å²) in [6.45, 7) is 2.13. The van der Waals surface area contributed by atoms with Crippen LogP contribution in [0.2, 0.25) is 0 Å². The van der Waals surface area contributed by atoms with E-state index in [1.807, 2.05) is 12.4 Å². The molecule has 2 aromatic heterocycles. The Kier molecular flexibility index (Phi) is 1.78. The van der Waals surface area contributed by atoms with E-state index in [1.54, 1.807) is 0 Å². The number of hydrogen-bond donors (Lipinski definition) is 0. The zero-order valence-corrected chi connectivity index (χ0v) is 10.1. The van der Waals surface area contributed by atoms with Crippen molar-refractivity contribution in [1.29, 1.82) is 0 Å². The van der Waals surface area contributed by atoms with Gasteiger partial charge in [0.15, 0.2) is 0 Å². The van der Waals surface area contributed by atoms with Crippen LogP contribution in [0.4, 0.5) is 0 Å². The summed E-state index contributed by atoms with van der Waals surface area (Å²) in [5.74, 6) is 0. The van der Waals surface area contributed by atoms with Gasteiger partial charge in [-0.25, -0.2) is 4.98 Å². The fourth-order valence-electron chi connectivity index (χ4n) is 2.69. The minimum Gasteiger partial charge on any atom is -0.299 e. The van der Waals surface area contributed by atoms with E-state index in [-0.39, 0.29) is 0 Å². The molecule has 0 atom stereocenters. The number of benzene rings is 2. The normalized spacial score (nSPS) is 11.6. The van der Waals surface area contributed by atoms with Crippen molar-refractivity contribution in [2.45, 2.75) is 6.92 Å². The first-order valence-corrected chi connectivity index (χ1v) is 6.09. The molecule has 0 aliphatic rings. The van der Waals surface area contributed by atoms with E-state index < -0.39 is 0 Å². The molecule has 0 fully saturated rings. The van der Waals surface area contributed by atoms with Crippen molar-refractivity contribution in [3.63, 3.8) is 0 Å². The summed E-state index contributed by atoms with van der Waals surface area (Å²) in [5, 5.41) is 3.77. The molecule has 4 rings (SSSR count). The van der Waals surface area contributed by atoms with Crippen LogP contribution in [-0.2, 0) is 0 Å². The second-order valence-corrected chi connectivity index (χ2v) is 4.69. The Labute approximate surface area is 104 Å². The molecule has 0 aliphatic carbocycles. The molecule has 0 radical (unpaired) electrons. The zero-order chi connectivity index (χ0) is 12.1. The van der Waals surface area contributed by atoms with Crippen molar-refractivity contribution in [3.05, 3.63) is 60.4 Å². The number of aromatic nitrogens is 2. The van der Waals surface area contributed by atoms with Crippen LogP contribution in [-0.4, -0.2) is 9.38 Å². The maximum absolute atomic E-state index is 4.48. The Hall–Kier alpha value is -2.35. The van der Waals surface area contributed by atoms with Gasteiger partial charge in [0.05, 0.1) is 5.52 Å². The molecule has 0 unspecified atom stereocenters. The van der Waals surface area contributed by atoms with Crippen molar-refractivity contribution in [3.8, 4) is 0 Å². The smallest absolute Gasteiger partial charge is 0.145 e. The van der Waals surface area contributed by atoms with Gasteiger partial charge in [-0.2, -0.15) is 0 Å². The van der Waals surface area contributed by atoms with Crippen molar-refractivity contribution >= 4 is 27.3 Å². The van der Waals surface area contributed by atoms with E-state index in [2.05, 4.69) is 58.8 Å². The number of fused-ring (bicyclic) bond motifs is 6. The molecule has 2 heteroatoms. The molecular formula is C16H12N2. The van der Waals surface area contributed by atoms with E-state index in [0.29, 0.717) is 0 Å². The Morgan fingerprint density at radius 3 is 2.67 bits per heavy atom. The second-order valence-electron chi connectivity index (χ2n) is 4.69. The minimum atomic E-state index is 1.03. The summed E-state index contributed by atoms with van der Waals surface area (Å²) in [4.78, 5) is 4.48. The summed E-state index contributed by atoms with van der Waals surface area (Å²) < 4.78 is 2.16. The minimum absolute atomic E-state index is 1.03. The number of pyridine rings is 1. The molecule has 2 heterocycles. The lowest BCUT2D eigenvalue weighted by molar-refractivity contribution is 1.27. The summed E-state index contributed by atoms with van der Waals surface area (Å²) in [7, 11) is 0. The third kappa shape index (κ3) is 1.15. The monoisotopic (exact) mass is 232 g/mol. The number of aryl methyl sites for hydroxylation is 1. The Morgan fingerprint density at radius 1 is 0.944 bits per heavy atom. The van der Waals surface area contributed by atoms with Gasteiger partial charge in [-0.3, -0.25) is 4.40 Å². The molecule has 2 aromatic carbocycles. The Bertz CT molecular complexity index is 887. The first-order chi connectivity index (χ1) is 8.84. The fourth-order valence-corrected chi connectivity index (χ4v) is 2.69. The lowest BCUT2D eigenvalue weighted by Gasteiger charge is -2.08. The predicted molar refractivity (Wildman–Crippen MR) is 74.9 cm³/mol.